The Bertz CT molecular complexity index is 1890. The summed E-state index contributed by atoms with van der Waals surface area (Å²) >= 11 is 0. The van der Waals surface area contributed by atoms with Crippen molar-refractivity contribution in [3.8, 4) is 5.75 Å². The minimum Gasteiger partial charge on any atom is -0.494 e. The molecule has 10 N–H and O–H groups in total. The second-order valence-corrected chi connectivity index (χ2v) is 11.9. The van der Waals surface area contributed by atoms with E-state index in [4.69, 9.17) is 10.5 Å². The number of nitrogens with zero attached hydrogens (tertiary/aromatic N) is 1. The van der Waals surface area contributed by atoms with Crippen molar-refractivity contribution < 1.29 is 74.5 Å². The Labute approximate surface area is 323 Å². The smallest absolute Gasteiger partial charge is 0.471 e. The summed E-state index contributed by atoms with van der Waals surface area (Å²) in [6.45, 7) is 1.03. The standard InChI is InChI=1S/C33H37F6N9O10/c1-16(2)24-28(55)45-19(5-3-10-42-31(40)48-30(57)33(37,38)39)25(52)43-15-22(49)44-21(14-23(50)51)26(53)46-20(27(54)47-24)13-17-6-8-18(9-7-17)58-12-4-11-41-29(56)32(34,35)36/h5-9,14,20H,3-4,10-13,15H2,1-2H3,(H,41,56)(H,43,52)(H,44,49)(H,45,55)(H,46,53)(H,47,54)(H,50,51)(H3,40,42,48,57)/b19-5-,21-14+/t20-/m1/s1. The molecule has 1 aromatic carbocycles. The van der Waals surface area contributed by atoms with E-state index in [0.29, 0.717) is 11.6 Å². The van der Waals surface area contributed by atoms with E-state index in [2.05, 4.69) is 26.3 Å². The summed E-state index contributed by atoms with van der Waals surface area (Å²) in [4.78, 5) is 103. The zero-order chi connectivity index (χ0) is 43.8. The van der Waals surface area contributed by atoms with Crippen LogP contribution in [0, 0.1) is 0 Å². The van der Waals surface area contributed by atoms with Crippen molar-refractivity contribution in [3.63, 3.8) is 0 Å². The highest BCUT2D eigenvalue weighted by Gasteiger charge is 2.39. The number of aliphatic carboxylic acids is 1. The van der Waals surface area contributed by atoms with Crippen LogP contribution in [-0.4, -0.2) is 103 Å². The lowest BCUT2D eigenvalue weighted by atomic mass is 10.0. The third kappa shape index (κ3) is 16.4. The molecule has 1 aliphatic rings. The third-order valence-corrected chi connectivity index (χ3v) is 7.04. The Kier molecular flexibility index (Phi) is 17.4. The van der Waals surface area contributed by atoms with Gasteiger partial charge in [0.1, 0.15) is 28.9 Å². The van der Waals surface area contributed by atoms with Crippen LogP contribution in [0.25, 0.3) is 0 Å². The number of alkyl halides is 6. The quantitative estimate of drug-likeness (QED) is 0.0436. The minimum atomic E-state index is -5.26. The molecular formula is C33H37F6N9O10. The van der Waals surface area contributed by atoms with Gasteiger partial charge in [-0.2, -0.15) is 26.3 Å². The number of hydrogen-bond acceptors (Lipinski definition) is 10. The van der Waals surface area contributed by atoms with E-state index < -0.39 is 102 Å². The van der Waals surface area contributed by atoms with Crippen molar-refractivity contribution in [3.05, 3.63) is 64.6 Å². The van der Waals surface area contributed by atoms with Crippen LogP contribution in [0.2, 0.25) is 0 Å². The number of carbonyl (C=O) groups is 8. The molecule has 0 saturated carbocycles. The summed E-state index contributed by atoms with van der Waals surface area (Å²) in [5, 5.41) is 23.4. The van der Waals surface area contributed by atoms with E-state index in [1.54, 1.807) is 5.32 Å². The van der Waals surface area contributed by atoms with Crippen LogP contribution in [0.15, 0.2) is 64.1 Å². The lowest BCUT2D eigenvalue weighted by molar-refractivity contribution is -0.173. The molecule has 1 aliphatic heterocycles. The van der Waals surface area contributed by atoms with Gasteiger partial charge in [-0.25, -0.2) is 4.79 Å². The second-order valence-electron chi connectivity index (χ2n) is 11.9. The summed E-state index contributed by atoms with van der Waals surface area (Å²) in [5.41, 5.74) is 3.94. The van der Waals surface area contributed by atoms with Gasteiger partial charge in [-0.05, 0) is 50.0 Å². The Balaban J connectivity index is 2.37. The molecule has 1 aromatic rings. The van der Waals surface area contributed by atoms with Crippen molar-refractivity contribution in [2.24, 2.45) is 10.7 Å². The summed E-state index contributed by atoms with van der Waals surface area (Å²) in [6, 6.07) is 4.12. The zero-order valence-electron chi connectivity index (χ0n) is 30.4. The van der Waals surface area contributed by atoms with Crippen molar-refractivity contribution >= 4 is 53.3 Å². The third-order valence-electron chi connectivity index (χ3n) is 7.04. The molecule has 316 valence electrons. The molecule has 2 rings (SSSR count). The molecule has 0 spiro atoms. The van der Waals surface area contributed by atoms with E-state index in [1.165, 1.54) is 43.4 Å². The van der Waals surface area contributed by atoms with Crippen molar-refractivity contribution in [1.82, 2.24) is 37.2 Å². The minimum absolute atomic E-state index is 0.0152. The van der Waals surface area contributed by atoms with Crippen LogP contribution in [0.4, 0.5) is 26.3 Å². The summed E-state index contributed by atoms with van der Waals surface area (Å²) in [6.07, 6.45) is -9.57. The number of allylic oxidation sites excluding steroid dienone is 1. The molecule has 1 saturated heterocycles. The maximum Gasteiger partial charge on any atom is 0.471 e. The van der Waals surface area contributed by atoms with Gasteiger partial charge in [-0.1, -0.05) is 18.2 Å². The molecule has 7 amide bonds. The molecule has 1 heterocycles. The molecule has 58 heavy (non-hydrogen) atoms. The molecule has 0 radical (unpaired) electrons. The summed E-state index contributed by atoms with van der Waals surface area (Å²) in [5.74, 6) is -12.6. The van der Waals surface area contributed by atoms with Crippen molar-refractivity contribution in [2.75, 3.05) is 26.2 Å². The van der Waals surface area contributed by atoms with Crippen LogP contribution in [0.5, 0.6) is 5.75 Å². The van der Waals surface area contributed by atoms with E-state index >= 15 is 0 Å². The van der Waals surface area contributed by atoms with Gasteiger partial charge in [0.15, 0.2) is 5.96 Å². The SMILES string of the molecule is CC(C)=C1NC(=O)[C@@H](Cc2ccc(OCCCNC(=O)C(F)(F)F)cc2)NC(=O)/C(=C\C(=O)O)NC(=O)CNC(=O)/C(=C/CCN=C(N)NC(=O)C(F)(F)F)NC1=O. The van der Waals surface area contributed by atoms with Crippen molar-refractivity contribution in [2.45, 2.75) is 51.5 Å². The number of rotatable bonds is 11. The topological polar surface area (TPSA) is 289 Å². The maximum atomic E-state index is 13.7. The van der Waals surface area contributed by atoms with E-state index in [0.717, 1.165) is 6.08 Å². The molecule has 0 aliphatic carbocycles. The zero-order valence-corrected chi connectivity index (χ0v) is 30.4. The number of nitrogens with two attached hydrogens (primary N) is 1. The predicted octanol–water partition coefficient (Wildman–Crippen LogP) is -0.831. The van der Waals surface area contributed by atoms with Crippen LogP contribution < -0.4 is 47.7 Å². The normalized spacial score (nSPS) is 17.8. The molecule has 0 bridgehead atoms. The van der Waals surface area contributed by atoms with Gasteiger partial charge in [-0.15, -0.1) is 0 Å². The van der Waals surface area contributed by atoms with Crippen molar-refractivity contribution in [1.29, 1.82) is 0 Å². The molecular weight excluding hydrogens is 796 g/mol. The Morgan fingerprint density at radius 3 is 2.14 bits per heavy atom. The average molecular weight is 834 g/mol. The van der Waals surface area contributed by atoms with Gasteiger partial charge >= 0.3 is 30.1 Å². The number of ether oxygens (including phenoxy) is 1. The first kappa shape index (κ1) is 47.2. The Morgan fingerprint density at radius 1 is 0.914 bits per heavy atom. The number of carboxylic acid groups (broad SMARTS) is 1. The second kappa shape index (κ2) is 21.4. The number of aliphatic imine (C=N–C) groups is 1. The highest BCUT2D eigenvalue weighted by Crippen LogP contribution is 2.17. The van der Waals surface area contributed by atoms with E-state index in [-0.39, 0.29) is 43.7 Å². The lowest BCUT2D eigenvalue weighted by Crippen LogP contribution is -2.51. The van der Waals surface area contributed by atoms with E-state index in [1.807, 2.05) is 5.32 Å². The molecule has 1 atom stereocenters. The molecule has 1 fully saturated rings. The number of hydrogen-bond donors (Lipinski definition) is 9. The first-order chi connectivity index (χ1) is 27.0. The molecule has 0 unspecified atom stereocenters. The summed E-state index contributed by atoms with van der Waals surface area (Å²) in [7, 11) is 0. The molecule has 25 heteroatoms. The highest BCUT2D eigenvalue weighted by atomic mass is 19.4. The monoisotopic (exact) mass is 833 g/mol. The molecule has 0 aromatic heterocycles. The number of carboxylic acids is 1. The fourth-order valence-corrected chi connectivity index (χ4v) is 4.32. The van der Waals surface area contributed by atoms with Gasteiger partial charge in [0.25, 0.3) is 17.7 Å². The summed E-state index contributed by atoms with van der Waals surface area (Å²) < 4.78 is 79.9. The highest BCUT2D eigenvalue weighted by molar-refractivity contribution is 6.08. The Hall–Kier alpha value is -6.95. The van der Waals surface area contributed by atoms with Gasteiger partial charge in [-0.3, -0.25) is 43.9 Å². The van der Waals surface area contributed by atoms with Crippen LogP contribution in [0.1, 0.15) is 32.3 Å². The lowest BCUT2D eigenvalue weighted by Gasteiger charge is -2.21. The Morgan fingerprint density at radius 2 is 1.55 bits per heavy atom. The number of amides is 7. The van der Waals surface area contributed by atoms with Gasteiger partial charge in [0.2, 0.25) is 11.8 Å². The first-order valence-electron chi connectivity index (χ1n) is 16.6. The van der Waals surface area contributed by atoms with E-state index in [9.17, 15) is 69.8 Å². The molecule has 19 nitrogen and oxygen atoms in total. The predicted molar refractivity (Wildman–Crippen MR) is 186 cm³/mol. The number of guanidine groups is 1. The van der Waals surface area contributed by atoms with Crippen LogP contribution in [0.3, 0.4) is 0 Å². The average Bonchev–Trinajstić information content (AvgIpc) is 3.12. The van der Waals surface area contributed by atoms with Crippen LogP contribution >= 0.6 is 0 Å². The van der Waals surface area contributed by atoms with Crippen LogP contribution in [-0.2, 0) is 44.8 Å². The largest absolute Gasteiger partial charge is 0.494 e. The van der Waals surface area contributed by atoms with Gasteiger partial charge < -0.3 is 47.5 Å². The first-order valence-corrected chi connectivity index (χ1v) is 16.6. The fourth-order valence-electron chi connectivity index (χ4n) is 4.32. The maximum absolute atomic E-state index is 13.7. The van der Waals surface area contributed by atoms with Gasteiger partial charge in [0, 0.05) is 19.5 Å². The fraction of sp³-hybridized carbons (Fsp3) is 0.364. The number of benzene rings is 1. The number of nitrogens with one attached hydrogen (secondary N) is 7. The van der Waals surface area contributed by atoms with Gasteiger partial charge in [0.05, 0.1) is 19.2 Å². The number of carbonyl (C=O) groups excluding carboxylic acids is 7. The number of halogens is 6.